The lowest BCUT2D eigenvalue weighted by Gasteiger charge is -2.25. The van der Waals surface area contributed by atoms with Crippen LogP contribution in [0, 0.1) is 5.82 Å². The van der Waals surface area contributed by atoms with Crippen molar-refractivity contribution >= 4 is 11.9 Å². The maximum Gasteiger partial charge on any atom is 0.342 e. The molecule has 1 fully saturated rings. The fraction of sp³-hybridized carbons (Fsp3) is 0.481. The van der Waals surface area contributed by atoms with Gasteiger partial charge < -0.3 is 19.7 Å². The van der Waals surface area contributed by atoms with E-state index in [1.54, 1.807) is 32.9 Å². The van der Waals surface area contributed by atoms with E-state index in [4.69, 9.17) is 14.6 Å². The number of ether oxygens (including phenoxy) is 2. The number of nitrogens with zero attached hydrogens (tertiary/aromatic N) is 1. The lowest BCUT2D eigenvalue weighted by molar-refractivity contribution is 0.0515. The maximum atomic E-state index is 13.3. The second kappa shape index (κ2) is 13.8. The van der Waals surface area contributed by atoms with Gasteiger partial charge in [-0.1, -0.05) is 18.2 Å². The highest BCUT2D eigenvalue weighted by Gasteiger charge is 2.33. The Morgan fingerprint density at radius 1 is 1.03 bits per heavy atom. The van der Waals surface area contributed by atoms with Gasteiger partial charge in [0.1, 0.15) is 22.7 Å². The van der Waals surface area contributed by atoms with Crippen LogP contribution in [-0.4, -0.2) is 60.5 Å². The minimum Gasteiger partial charge on any atom is -0.506 e. The van der Waals surface area contributed by atoms with Crippen LogP contribution in [0.25, 0.3) is 0 Å². The highest BCUT2D eigenvalue weighted by atomic mass is 19.1. The van der Waals surface area contributed by atoms with Crippen LogP contribution in [0.4, 0.5) is 4.39 Å². The predicted octanol–water partition coefficient (Wildman–Crippen LogP) is 4.44. The number of benzene rings is 2. The van der Waals surface area contributed by atoms with E-state index in [1.807, 2.05) is 13.1 Å². The summed E-state index contributed by atoms with van der Waals surface area (Å²) in [6.45, 7) is 6.47. The Morgan fingerprint density at radius 3 is 2.11 bits per heavy atom. The van der Waals surface area contributed by atoms with Crippen molar-refractivity contribution in [2.75, 3.05) is 33.4 Å². The molecule has 0 aromatic heterocycles. The molecule has 3 rings (SSSR count). The summed E-state index contributed by atoms with van der Waals surface area (Å²) in [5.41, 5.74) is 2.16. The molecule has 0 radical (unpaired) electrons. The second-order valence-electron chi connectivity index (χ2n) is 8.25. The topological polar surface area (TPSA) is 96.3 Å². The van der Waals surface area contributed by atoms with Gasteiger partial charge in [0.05, 0.1) is 13.2 Å². The lowest BCUT2D eigenvalue weighted by Crippen LogP contribution is -2.22. The summed E-state index contributed by atoms with van der Waals surface area (Å²) in [5.74, 6) is -2.05. The van der Waals surface area contributed by atoms with Gasteiger partial charge in [0.15, 0.2) is 0 Å². The van der Waals surface area contributed by atoms with E-state index in [9.17, 15) is 19.1 Å². The van der Waals surface area contributed by atoms with Crippen LogP contribution in [-0.2, 0) is 22.3 Å². The molecule has 1 heterocycles. The molecule has 192 valence electrons. The Bertz CT molecular complexity index is 992. The number of aliphatic hydroxyl groups excluding tert-OH is 1. The van der Waals surface area contributed by atoms with E-state index in [-0.39, 0.29) is 42.8 Å². The first-order chi connectivity index (χ1) is 16.8. The van der Waals surface area contributed by atoms with Gasteiger partial charge in [-0.05, 0) is 88.9 Å². The van der Waals surface area contributed by atoms with Crippen LogP contribution in [0.5, 0.6) is 5.75 Å². The first-order valence-electron chi connectivity index (χ1n) is 12.1. The Kier molecular flexibility index (Phi) is 11.1. The normalized spacial score (nSPS) is 15.3. The third-order valence-corrected chi connectivity index (χ3v) is 5.85. The summed E-state index contributed by atoms with van der Waals surface area (Å²) in [6, 6.07) is 7.93. The van der Waals surface area contributed by atoms with Crippen LogP contribution < -0.4 is 0 Å². The van der Waals surface area contributed by atoms with Crippen molar-refractivity contribution in [3.05, 3.63) is 64.0 Å². The zero-order valence-corrected chi connectivity index (χ0v) is 21.0. The zero-order valence-electron chi connectivity index (χ0n) is 21.0. The fourth-order valence-corrected chi connectivity index (χ4v) is 4.29. The highest BCUT2D eigenvalue weighted by Crippen LogP contribution is 2.40. The van der Waals surface area contributed by atoms with E-state index in [0.717, 1.165) is 24.9 Å². The summed E-state index contributed by atoms with van der Waals surface area (Å²) in [5, 5.41) is 18.7. The van der Waals surface area contributed by atoms with Gasteiger partial charge in [0.2, 0.25) is 0 Å². The first-order valence-corrected chi connectivity index (χ1v) is 12.1. The number of esters is 2. The van der Waals surface area contributed by atoms with Crippen molar-refractivity contribution < 1.29 is 33.7 Å². The van der Waals surface area contributed by atoms with Crippen LogP contribution >= 0.6 is 0 Å². The molecule has 0 amide bonds. The Labute approximate surface area is 206 Å². The molecule has 0 spiro atoms. The summed E-state index contributed by atoms with van der Waals surface area (Å²) in [4.78, 5) is 27.7. The van der Waals surface area contributed by atoms with Crippen molar-refractivity contribution in [2.24, 2.45) is 0 Å². The minimum absolute atomic E-state index is 0.0126. The summed E-state index contributed by atoms with van der Waals surface area (Å²) < 4.78 is 23.7. The third-order valence-electron chi connectivity index (χ3n) is 5.85. The van der Waals surface area contributed by atoms with Crippen molar-refractivity contribution in [1.82, 2.24) is 4.90 Å². The average Bonchev–Trinajstić information content (AvgIpc) is 3.24. The standard InChI is InChI=1S/C25H30FNO5.C2H6O/c1-4-31-24(29)21-17(11-8-16-9-12-18(26)13-10-16)15-19(20-7-6-14-27(20)3)22(23(21)28)25(30)32-5-2;1-2-3/h9-10,12-13,15,20,28H,4-8,11,14H2,1-3H3;3H,2H2,1H3/t20-;/m0./s1. The van der Waals surface area contributed by atoms with Gasteiger partial charge in [-0.3, -0.25) is 4.90 Å². The van der Waals surface area contributed by atoms with Crippen LogP contribution in [0.2, 0.25) is 0 Å². The summed E-state index contributed by atoms with van der Waals surface area (Å²) in [7, 11) is 1.97. The second-order valence-corrected chi connectivity index (χ2v) is 8.25. The number of aromatic hydroxyl groups is 1. The molecular weight excluding hydrogens is 453 g/mol. The zero-order chi connectivity index (χ0) is 26.0. The molecule has 1 aliphatic rings. The molecule has 2 N–H and O–H groups in total. The molecule has 2 aromatic carbocycles. The van der Waals surface area contributed by atoms with Crippen molar-refractivity contribution in [3.63, 3.8) is 0 Å². The molecule has 0 bridgehead atoms. The molecule has 1 aliphatic heterocycles. The largest absolute Gasteiger partial charge is 0.506 e. The number of aryl methyl sites for hydroxylation is 2. The number of rotatable bonds is 8. The van der Waals surface area contributed by atoms with E-state index in [1.165, 1.54) is 12.1 Å². The smallest absolute Gasteiger partial charge is 0.342 e. The number of likely N-dealkylation sites (tertiary alicyclic amines) is 1. The summed E-state index contributed by atoms with van der Waals surface area (Å²) >= 11 is 0. The molecule has 0 saturated carbocycles. The van der Waals surface area contributed by atoms with Crippen molar-refractivity contribution in [2.45, 2.75) is 52.5 Å². The monoisotopic (exact) mass is 489 g/mol. The maximum absolute atomic E-state index is 13.3. The number of carbonyl (C=O) groups excluding carboxylic acids is 2. The molecule has 1 atom stereocenters. The number of phenols is 1. The third kappa shape index (κ3) is 7.26. The number of aliphatic hydroxyl groups is 1. The van der Waals surface area contributed by atoms with Gasteiger partial charge in [-0.2, -0.15) is 0 Å². The van der Waals surface area contributed by atoms with E-state index in [0.29, 0.717) is 24.0 Å². The highest BCUT2D eigenvalue weighted by molar-refractivity contribution is 6.02. The van der Waals surface area contributed by atoms with Crippen molar-refractivity contribution in [3.8, 4) is 5.75 Å². The predicted molar refractivity (Wildman–Crippen MR) is 131 cm³/mol. The molecule has 0 aliphatic carbocycles. The number of carbonyl (C=O) groups is 2. The summed E-state index contributed by atoms with van der Waals surface area (Å²) in [6.07, 6.45) is 2.75. The Balaban J connectivity index is 0.00000137. The molecule has 8 heteroatoms. The first kappa shape index (κ1) is 28.3. The van der Waals surface area contributed by atoms with Crippen LogP contribution in [0.15, 0.2) is 30.3 Å². The fourth-order valence-electron chi connectivity index (χ4n) is 4.29. The molecule has 35 heavy (non-hydrogen) atoms. The van der Waals surface area contributed by atoms with Crippen LogP contribution in [0.3, 0.4) is 0 Å². The average molecular weight is 490 g/mol. The van der Waals surface area contributed by atoms with E-state index >= 15 is 0 Å². The molecule has 2 aromatic rings. The van der Waals surface area contributed by atoms with E-state index in [2.05, 4.69) is 4.90 Å². The van der Waals surface area contributed by atoms with Crippen LogP contribution in [0.1, 0.15) is 77.1 Å². The minimum atomic E-state index is -0.684. The number of phenolic OH excluding ortho intramolecular Hbond substituents is 1. The van der Waals surface area contributed by atoms with Gasteiger partial charge in [0.25, 0.3) is 0 Å². The quantitative estimate of drug-likeness (QED) is 0.530. The van der Waals surface area contributed by atoms with Gasteiger partial charge in [-0.25, -0.2) is 14.0 Å². The molecule has 0 unspecified atom stereocenters. The number of hydrogen-bond donors (Lipinski definition) is 2. The lowest BCUT2D eigenvalue weighted by atomic mass is 9.89. The molecule has 7 nitrogen and oxygen atoms in total. The van der Waals surface area contributed by atoms with Gasteiger partial charge in [0, 0.05) is 12.6 Å². The number of hydrogen-bond acceptors (Lipinski definition) is 7. The molecule has 1 saturated heterocycles. The SMILES string of the molecule is CCO.CCOC(=O)c1c(CCc2ccc(F)cc2)cc([C@@H]2CCCN2C)c(C(=O)OCC)c1O. The van der Waals surface area contributed by atoms with Gasteiger partial charge >= 0.3 is 11.9 Å². The Hall–Kier alpha value is -2.97. The Morgan fingerprint density at radius 2 is 1.60 bits per heavy atom. The number of halogens is 1. The molecular formula is C27H36FNO6. The van der Waals surface area contributed by atoms with Gasteiger partial charge in [-0.15, -0.1) is 0 Å². The van der Waals surface area contributed by atoms with E-state index < -0.39 is 17.7 Å². The van der Waals surface area contributed by atoms with Crippen molar-refractivity contribution in [1.29, 1.82) is 0 Å².